The molecule has 1 rings (SSSR count). The zero-order valence-corrected chi connectivity index (χ0v) is 12.6. The van der Waals surface area contributed by atoms with Gasteiger partial charge in [-0.1, -0.05) is 32.9 Å². The van der Waals surface area contributed by atoms with Gasteiger partial charge in [0.15, 0.2) is 0 Å². The van der Waals surface area contributed by atoms with E-state index in [1.807, 2.05) is 6.92 Å². The lowest BCUT2D eigenvalue weighted by Gasteiger charge is -2.23. The van der Waals surface area contributed by atoms with Gasteiger partial charge < -0.3 is 9.47 Å². The molecular weight excluding hydrogens is 240 g/mol. The maximum absolute atomic E-state index is 11.0. The minimum absolute atomic E-state index is 0.0470. The first-order valence-electron chi connectivity index (χ1n) is 6.65. The predicted octanol–water partition coefficient (Wildman–Crippen LogP) is 3.62. The molecular formula is C16H24O3. The molecule has 0 spiro atoms. The topological polar surface area (TPSA) is 35.5 Å². The summed E-state index contributed by atoms with van der Waals surface area (Å²) < 4.78 is 10.4. The highest BCUT2D eigenvalue weighted by molar-refractivity contribution is 5.69. The second-order valence-corrected chi connectivity index (χ2v) is 5.78. The van der Waals surface area contributed by atoms with E-state index in [4.69, 9.17) is 4.74 Å². The van der Waals surface area contributed by atoms with Crippen molar-refractivity contribution in [3.05, 3.63) is 29.3 Å². The highest BCUT2D eigenvalue weighted by atomic mass is 16.5. The molecule has 0 unspecified atom stereocenters. The van der Waals surface area contributed by atoms with Crippen LogP contribution in [0.3, 0.4) is 0 Å². The summed E-state index contributed by atoms with van der Waals surface area (Å²) in [7, 11) is 1.40. The van der Waals surface area contributed by atoms with Crippen LogP contribution in [0.15, 0.2) is 18.2 Å². The molecule has 3 heteroatoms. The molecule has 0 saturated carbocycles. The summed E-state index contributed by atoms with van der Waals surface area (Å²) in [6.45, 7) is 9.08. The van der Waals surface area contributed by atoms with Gasteiger partial charge in [-0.3, -0.25) is 4.79 Å². The number of rotatable bonds is 5. The molecule has 0 aliphatic rings. The van der Waals surface area contributed by atoms with E-state index >= 15 is 0 Å². The highest BCUT2D eigenvalue weighted by Crippen LogP contribution is 2.32. The van der Waals surface area contributed by atoms with Gasteiger partial charge in [-0.15, -0.1) is 0 Å². The van der Waals surface area contributed by atoms with E-state index in [9.17, 15) is 4.79 Å². The Bertz CT molecular complexity index is 430. The van der Waals surface area contributed by atoms with Crippen molar-refractivity contribution in [1.29, 1.82) is 0 Å². The maximum Gasteiger partial charge on any atom is 0.305 e. The summed E-state index contributed by atoms with van der Waals surface area (Å²) in [5.74, 6) is 0.723. The average molecular weight is 264 g/mol. The number of hydrogen-bond donors (Lipinski definition) is 0. The van der Waals surface area contributed by atoms with Gasteiger partial charge in [0.05, 0.1) is 13.7 Å². The number of carbonyl (C=O) groups is 1. The second kappa shape index (κ2) is 6.60. The van der Waals surface area contributed by atoms with Crippen LogP contribution in [0.5, 0.6) is 5.75 Å². The first kappa shape index (κ1) is 15.5. The molecule has 0 radical (unpaired) electrons. The van der Waals surface area contributed by atoms with E-state index < -0.39 is 0 Å². The van der Waals surface area contributed by atoms with Crippen molar-refractivity contribution < 1.29 is 14.3 Å². The normalized spacial score (nSPS) is 11.2. The largest absolute Gasteiger partial charge is 0.493 e. The van der Waals surface area contributed by atoms with E-state index in [1.165, 1.54) is 18.2 Å². The highest BCUT2D eigenvalue weighted by Gasteiger charge is 2.18. The van der Waals surface area contributed by atoms with Gasteiger partial charge in [-0.25, -0.2) is 0 Å². The molecule has 3 nitrogen and oxygen atoms in total. The average Bonchev–Trinajstić information content (AvgIpc) is 2.32. The molecule has 0 bridgehead atoms. The fourth-order valence-corrected chi connectivity index (χ4v) is 1.87. The Morgan fingerprint density at radius 1 is 1.26 bits per heavy atom. The lowest BCUT2D eigenvalue weighted by atomic mass is 9.86. The monoisotopic (exact) mass is 264 g/mol. The Labute approximate surface area is 115 Å². The molecule has 0 heterocycles. The van der Waals surface area contributed by atoms with Gasteiger partial charge >= 0.3 is 5.97 Å². The molecule has 106 valence electrons. The maximum atomic E-state index is 11.0. The number of hydrogen-bond acceptors (Lipinski definition) is 3. The van der Waals surface area contributed by atoms with Crippen molar-refractivity contribution in [1.82, 2.24) is 0 Å². The van der Waals surface area contributed by atoms with Crippen LogP contribution < -0.4 is 4.74 Å². The molecule has 0 saturated heterocycles. The number of aryl methyl sites for hydroxylation is 1. The lowest BCUT2D eigenvalue weighted by molar-refractivity contribution is -0.140. The summed E-state index contributed by atoms with van der Waals surface area (Å²) in [5, 5.41) is 0. The van der Waals surface area contributed by atoms with Crippen molar-refractivity contribution >= 4 is 5.97 Å². The zero-order chi connectivity index (χ0) is 14.5. The van der Waals surface area contributed by atoms with Gasteiger partial charge in [0, 0.05) is 6.42 Å². The van der Waals surface area contributed by atoms with Gasteiger partial charge in [0.2, 0.25) is 0 Å². The molecule has 0 amide bonds. The molecule has 0 aliphatic carbocycles. The Kier molecular flexibility index (Phi) is 5.40. The van der Waals surface area contributed by atoms with E-state index in [-0.39, 0.29) is 11.4 Å². The van der Waals surface area contributed by atoms with Gasteiger partial charge in [-0.05, 0) is 36.0 Å². The van der Waals surface area contributed by atoms with Crippen molar-refractivity contribution in [3.8, 4) is 5.75 Å². The van der Waals surface area contributed by atoms with E-state index in [0.29, 0.717) is 19.4 Å². The van der Waals surface area contributed by atoms with Crippen molar-refractivity contribution in [2.24, 2.45) is 0 Å². The second-order valence-electron chi connectivity index (χ2n) is 5.78. The number of carbonyl (C=O) groups excluding carboxylic acids is 1. The molecule has 0 aromatic heterocycles. The molecule has 0 fully saturated rings. The van der Waals surface area contributed by atoms with Gasteiger partial charge in [-0.2, -0.15) is 0 Å². The SMILES string of the molecule is COC(=O)CCCOc1cc(C)ccc1C(C)(C)C. The molecule has 0 aliphatic heterocycles. The summed E-state index contributed by atoms with van der Waals surface area (Å²) in [6, 6.07) is 6.27. The van der Waals surface area contributed by atoms with Crippen LogP contribution in [0.1, 0.15) is 44.7 Å². The fraction of sp³-hybridized carbons (Fsp3) is 0.562. The minimum Gasteiger partial charge on any atom is -0.493 e. The van der Waals surface area contributed by atoms with Crippen LogP contribution in [-0.4, -0.2) is 19.7 Å². The number of ether oxygens (including phenoxy) is 2. The number of methoxy groups -OCH3 is 1. The lowest BCUT2D eigenvalue weighted by Crippen LogP contribution is -2.14. The van der Waals surface area contributed by atoms with Crippen molar-refractivity contribution in [2.75, 3.05) is 13.7 Å². The van der Waals surface area contributed by atoms with E-state index in [0.717, 1.165) is 5.75 Å². The van der Waals surface area contributed by atoms with Crippen LogP contribution in [0.2, 0.25) is 0 Å². The van der Waals surface area contributed by atoms with Crippen LogP contribution >= 0.6 is 0 Å². The standard InChI is InChI=1S/C16H24O3/c1-12-8-9-13(16(2,3)4)14(11-12)19-10-6-7-15(17)18-5/h8-9,11H,6-7,10H2,1-5H3. The van der Waals surface area contributed by atoms with Crippen LogP contribution in [0.4, 0.5) is 0 Å². The molecule has 1 aromatic rings. The van der Waals surface area contributed by atoms with Gasteiger partial charge in [0.25, 0.3) is 0 Å². The Morgan fingerprint density at radius 2 is 1.95 bits per heavy atom. The summed E-state index contributed by atoms with van der Waals surface area (Å²) in [4.78, 5) is 11.0. The Morgan fingerprint density at radius 3 is 2.53 bits per heavy atom. The van der Waals surface area contributed by atoms with Crippen LogP contribution in [0, 0.1) is 6.92 Å². The fourth-order valence-electron chi connectivity index (χ4n) is 1.87. The predicted molar refractivity (Wildman–Crippen MR) is 76.6 cm³/mol. The summed E-state index contributed by atoms with van der Waals surface area (Å²) in [5.41, 5.74) is 2.41. The molecule has 19 heavy (non-hydrogen) atoms. The first-order chi connectivity index (χ1) is 8.84. The third kappa shape index (κ3) is 4.93. The third-order valence-corrected chi connectivity index (χ3v) is 2.96. The Balaban J connectivity index is 2.66. The number of benzene rings is 1. The van der Waals surface area contributed by atoms with Gasteiger partial charge in [0.1, 0.15) is 5.75 Å². The first-order valence-corrected chi connectivity index (χ1v) is 6.65. The smallest absolute Gasteiger partial charge is 0.305 e. The van der Waals surface area contributed by atoms with E-state index in [2.05, 4.69) is 43.7 Å². The minimum atomic E-state index is -0.191. The van der Waals surface area contributed by atoms with E-state index in [1.54, 1.807) is 0 Å². The zero-order valence-electron chi connectivity index (χ0n) is 12.6. The molecule has 0 atom stereocenters. The summed E-state index contributed by atoms with van der Waals surface area (Å²) in [6.07, 6.45) is 1.07. The Hall–Kier alpha value is -1.51. The third-order valence-electron chi connectivity index (χ3n) is 2.96. The molecule has 0 N–H and O–H groups in total. The quantitative estimate of drug-likeness (QED) is 0.602. The van der Waals surface area contributed by atoms with Crippen LogP contribution in [0.25, 0.3) is 0 Å². The van der Waals surface area contributed by atoms with Crippen molar-refractivity contribution in [3.63, 3.8) is 0 Å². The molecule has 1 aromatic carbocycles. The van der Waals surface area contributed by atoms with Crippen LogP contribution in [-0.2, 0) is 14.9 Å². The number of esters is 1. The van der Waals surface area contributed by atoms with Crippen molar-refractivity contribution in [2.45, 2.75) is 46.0 Å². The summed E-state index contributed by atoms with van der Waals surface area (Å²) >= 11 is 0.